The number of unbranched alkanes of at least 4 members (excludes halogenated alkanes) is 3. The number of hydrogen-bond acceptors (Lipinski definition) is 6. The smallest absolute Gasteiger partial charge is 0.383 e. The first-order valence-electron chi connectivity index (χ1n) is 13.5. The van der Waals surface area contributed by atoms with Gasteiger partial charge in [0.25, 0.3) is 0 Å². The first-order valence-corrected chi connectivity index (χ1v) is 13.5. The van der Waals surface area contributed by atoms with E-state index in [9.17, 15) is 0 Å². The summed E-state index contributed by atoms with van der Waals surface area (Å²) in [7, 11) is 2.22. The summed E-state index contributed by atoms with van der Waals surface area (Å²) in [5.41, 5.74) is 10.9. The molecule has 2 aromatic rings. The van der Waals surface area contributed by atoms with Gasteiger partial charge in [-0.15, -0.1) is 5.92 Å². The van der Waals surface area contributed by atoms with Gasteiger partial charge in [0.2, 0.25) is 0 Å². The van der Waals surface area contributed by atoms with Gasteiger partial charge in [0, 0.05) is 24.0 Å². The van der Waals surface area contributed by atoms with E-state index in [1.165, 1.54) is 37.7 Å². The molecule has 0 saturated carbocycles. The van der Waals surface area contributed by atoms with Gasteiger partial charge in [-0.1, -0.05) is 52.7 Å². The molecule has 1 aromatic heterocycles. The number of aromatic nitrogens is 1. The molecule has 3 rings (SSSR count). The number of hydrogen-bond donors (Lipinski definition) is 3. The summed E-state index contributed by atoms with van der Waals surface area (Å²) in [6.45, 7) is 16.6. The number of benzene rings is 1. The van der Waals surface area contributed by atoms with Crippen LogP contribution in [0.1, 0.15) is 71.8 Å². The molecule has 7 heteroatoms. The summed E-state index contributed by atoms with van der Waals surface area (Å²) in [4.78, 5) is 7.15. The molecule has 0 aliphatic carbocycles. The Balaban J connectivity index is 0.00000342. The van der Waals surface area contributed by atoms with Gasteiger partial charge in [0.15, 0.2) is 0 Å². The Bertz CT molecular complexity index is 949. The molecule has 2 atom stereocenters. The number of ether oxygens (including phenoxy) is 1. The van der Waals surface area contributed by atoms with Gasteiger partial charge in [0.1, 0.15) is 11.5 Å². The zero-order chi connectivity index (χ0) is 25.4. The Labute approximate surface area is 241 Å². The molecule has 6 nitrogen and oxygen atoms in total. The third-order valence-corrected chi connectivity index (χ3v) is 6.66. The molecule has 1 aromatic carbocycles. The van der Waals surface area contributed by atoms with Crippen LogP contribution in [-0.4, -0.2) is 49.4 Å². The molecule has 0 fully saturated rings. The fourth-order valence-corrected chi connectivity index (χ4v) is 5.00. The summed E-state index contributed by atoms with van der Waals surface area (Å²) < 4.78 is 5.83. The minimum atomic E-state index is 0. The number of anilines is 3. The zero-order valence-electron chi connectivity index (χ0n) is 24.2. The summed E-state index contributed by atoms with van der Waals surface area (Å²) in [6.07, 6.45) is 8.40. The normalized spacial score (nSPS) is 15.5. The van der Waals surface area contributed by atoms with Crippen LogP contribution in [0, 0.1) is 25.7 Å². The van der Waals surface area contributed by atoms with Crippen molar-refractivity contribution in [2.75, 3.05) is 49.7 Å². The van der Waals surface area contributed by atoms with Crippen molar-refractivity contribution in [3.63, 3.8) is 0 Å². The predicted octanol–water partition coefficient (Wildman–Crippen LogP) is 6.78. The SMILES string of the molecule is [CH2-]C(C)COCC(C)(C)CN(C)CCCCCc1ccc2c3c(c(N)nc2c1)NC(CCCC)N3.[CH3-].[W+2]. The first-order chi connectivity index (χ1) is 16.7. The molecule has 0 spiro atoms. The molecule has 37 heavy (non-hydrogen) atoms. The fourth-order valence-electron chi connectivity index (χ4n) is 5.00. The van der Waals surface area contributed by atoms with Crippen molar-refractivity contribution in [1.29, 1.82) is 0 Å². The standard InChI is InChI=1S/C29H48N5O.CH3.W/c1-7-8-13-25-32-26-23-15-14-22(17-24(23)31-28(30)27(26)33-25)12-10-9-11-16-34(6)19-29(4,5)20-35-18-21(2)3;;/h14-15,17,21,25,32-33H,2,7-13,16,18-20H2,1,3-6H3,(H2,30,31);1H3;/q2*-1;+2. The van der Waals surface area contributed by atoms with Crippen molar-refractivity contribution in [3.05, 3.63) is 38.1 Å². The van der Waals surface area contributed by atoms with Crippen molar-refractivity contribution in [3.8, 4) is 0 Å². The van der Waals surface area contributed by atoms with E-state index >= 15 is 0 Å². The Hall–Kier alpha value is -1.36. The van der Waals surface area contributed by atoms with Crippen LogP contribution in [0.2, 0.25) is 0 Å². The minimum absolute atomic E-state index is 0. The Morgan fingerprint density at radius 2 is 1.89 bits per heavy atom. The second-order valence-corrected chi connectivity index (χ2v) is 11.4. The van der Waals surface area contributed by atoms with E-state index < -0.39 is 0 Å². The molecule has 1 aliphatic heterocycles. The average Bonchev–Trinajstić information content (AvgIpc) is 3.21. The van der Waals surface area contributed by atoms with E-state index in [-0.39, 0.29) is 40.1 Å². The Morgan fingerprint density at radius 1 is 1.16 bits per heavy atom. The van der Waals surface area contributed by atoms with Crippen LogP contribution in [-0.2, 0) is 32.2 Å². The maximum Gasteiger partial charge on any atom is 2.00 e. The van der Waals surface area contributed by atoms with Crippen LogP contribution in [0.3, 0.4) is 0 Å². The van der Waals surface area contributed by atoms with Crippen molar-refractivity contribution in [2.24, 2.45) is 11.3 Å². The second-order valence-electron chi connectivity index (χ2n) is 11.4. The number of nitrogens with one attached hydrogen (secondary N) is 2. The summed E-state index contributed by atoms with van der Waals surface area (Å²) in [5, 5.41) is 8.30. The molecule has 4 N–H and O–H groups in total. The molecule has 0 bridgehead atoms. The van der Waals surface area contributed by atoms with E-state index in [4.69, 9.17) is 15.5 Å². The third-order valence-electron chi connectivity index (χ3n) is 6.66. The maximum atomic E-state index is 6.30. The monoisotopic (exact) mass is 681 g/mol. The quantitative estimate of drug-likeness (QED) is 0.142. The number of fused-ring (bicyclic) bond motifs is 3. The van der Waals surface area contributed by atoms with E-state index in [0.717, 1.165) is 61.4 Å². The molecular weight excluding hydrogens is 630 g/mol. The average molecular weight is 682 g/mol. The van der Waals surface area contributed by atoms with Gasteiger partial charge in [-0.25, -0.2) is 4.98 Å². The number of nitrogens with two attached hydrogens (primary N) is 1. The van der Waals surface area contributed by atoms with Crippen LogP contribution in [0.15, 0.2) is 18.2 Å². The van der Waals surface area contributed by atoms with Crippen LogP contribution >= 0.6 is 0 Å². The van der Waals surface area contributed by atoms with Crippen molar-refractivity contribution >= 4 is 28.1 Å². The molecule has 0 amide bonds. The summed E-state index contributed by atoms with van der Waals surface area (Å²) >= 11 is 0. The van der Waals surface area contributed by atoms with Gasteiger partial charge in [0.05, 0.1) is 24.0 Å². The van der Waals surface area contributed by atoms with Crippen LogP contribution in [0.25, 0.3) is 10.9 Å². The molecular formula is C30H51N5OW. The first kappa shape index (κ1) is 33.7. The van der Waals surface area contributed by atoms with Gasteiger partial charge in [-0.2, -0.15) is 0 Å². The molecule has 2 unspecified atom stereocenters. The van der Waals surface area contributed by atoms with E-state index in [1.54, 1.807) is 0 Å². The van der Waals surface area contributed by atoms with Gasteiger partial charge < -0.3 is 40.4 Å². The topological polar surface area (TPSA) is 75.4 Å². The number of aryl methyl sites for hydroxylation is 1. The molecule has 208 valence electrons. The third kappa shape index (κ3) is 10.4. The van der Waals surface area contributed by atoms with Crippen molar-refractivity contribution < 1.29 is 25.8 Å². The van der Waals surface area contributed by atoms with E-state index in [1.807, 2.05) is 0 Å². The summed E-state index contributed by atoms with van der Waals surface area (Å²) in [6, 6.07) is 6.68. The molecule has 0 saturated heterocycles. The Kier molecular flexibility index (Phi) is 14.5. The van der Waals surface area contributed by atoms with Crippen molar-refractivity contribution in [1.82, 2.24) is 9.88 Å². The van der Waals surface area contributed by atoms with Gasteiger partial charge in [-0.3, -0.25) is 0 Å². The number of rotatable bonds is 15. The van der Waals surface area contributed by atoms with Crippen molar-refractivity contribution in [2.45, 2.75) is 78.8 Å². The maximum absolute atomic E-state index is 6.30. The van der Waals surface area contributed by atoms with E-state index in [0.29, 0.717) is 11.7 Å². The van der Waals surface area contributed by atoms with E-state index in [2.05, 4.69) is 75.4 Å². The summed E-state index contributed by atoms with van der Waals surface area (Å²) in [5.74, 6) is 0.935. The Morgan fingerprint density at radius 3 is 2.59 bits per heavy atom. The molecule has 1 aliphatic rings. The van der Waals surface area contributed by atoms with Crippen LogP contribution in [0.4, 0.5) is 17.2 Å². The molecule has 0 radical (unpaired) electrons. The predicted molar refractivity (Wildman–Crippen MR) is 157 cm³/mol. The largest absolute Gasteiger partial charge is 2.00 e. The van der Waals surface area contributed by atoms with Gasteiger partial charge in [-0.05, 0) is 57.3 Å². The fraction of sp³-hybridized carbons (Fsp3) is 0.633. The number of pyridine rings is 1. The zero-order valence-corrected chi connectivity index (χ0v) is 27.1. The minimum Gasteiger partial charge on any atom is -0.383 e. The number of nitrogens with zero attached hydrogens (tertiary/aromatic N) is 2. The number of nitrogen functional groups attached to an aromatic ring is 1. The van der Waals surface area contributed by atoms with Gasteiger partial charge >= 0.3 is 21.1 Å². The van der Waals surface area contributed by atoms with Crippen LogP contribution in [0.5, 0.6) is 0 Å². The molecule has 2 heterocycles. The van der Waals surface area contributed by atoms with Crippen LogP contribution < -0.4 is 16.4 Å². The second kappa shape index (κ2) is 15.9.